The van der Waals surface area contributed by atoms with Crippen LogP contribution in [-0.4, -0.2) is 35.0 Å². The molecule has 0 saturated carbocycles. The van der Waals surface area contributed by atoms with Gasteiger partial charge in [0.05, 0.1) is 18.6 Å². The maximum absolute atomic E-state index is 11.8. The van der Waals surface area contributed by atoms with Gasteiger partial charge in [-0.15, -0.1) is 0 Å². The second kappa shape index (κ2) is 6.05. The summed E-state index contributed by atoms with van der Waals surface area (Å²) in [6.07, 6.45) is 3.11. The summed E-state index contributed by atoms with van der Waals surface area (Å²) in [5, 5.41) is 8.50. The highest BCUT2D eigenvalue weighted by Gasteiger charge is 2.19. The van der Waals surface area contributed by atoms with E-state index >= 15 is 0 Å². The molecule has 0 aromatic carbocycles. The number of carbonyl (C=O) groups excluding carboxylic acids is 1. The zero-order chi connectivity index (χ0) is 12.8. The molecular formula is C11H16N2O4. The molecule has 6 heteroatoms. The minimum Gasteiger partial charge on any atom is -0.481 e. The zero-order valence-electron chi connectivity index (χ0n) is 9.63. The Labute approximate surface area is 99.0 Å². The molecule has 1 rings (SSSR count). The molecule has 6 nitrogen and oxygen atoms in total. The van der Waals surface area contributed by atoms with E-state index in [1.165, 1.54) is 11.2 Å². The van der Waals surface area contributed by atoms with Crippen LogP contribution in [0.25, 0.3) is 0 Å². The highest BCUT2D eigenvalue weighted by Crippen LogP contribution is 2.06. The lowest BCUT2D eigenvalue weighted by atomic mass is 10.1. The number of likely N-dealkylation sites (N-methyl/N-ethyl adjacent to an activating group) is 1. The van der Waals surface area contributed by atoms with E-state index in [0.29, 0.717) is 6.54 Å². The molecule has 0 fully saturated rings. The molecule has 94 valence electrons. The van der Waals surface area contributed by atoms with Gasteiger partial charge in [-0.3, -0.25) is 9.59 Å². The van der Waals surface area contributed by atoms with Crippen LogP contribution in [0.3, 0.4) is 0 Å². The Hall–Kier alpha value is -1.82. The van der Waals surface area contributed by atoms with E-state index in [-0.39, 0.29) is 18.7 Å². The second-order valence-electron chi connectivity index (χ2n) is 3.86. The van der Waals surface area contributed by atoms with Gasteiger partial charge >= 0.3 is 5.97 Å². The van der Waals surface area contributed by atoms with Crippen LogP contribution >= 0.6 is 0 Å². The van der Waals surface area contributed by atoms with Crippen molar-refractivity contribution in [2.24, 2.45) is 5.73 Å². The van der Waals surface area contributed by atoms with Crippen molar-refractivity contribution >= 4 is 11.9 Å². The number of carboxylic acids is 1. The SMILES string of the molecule is CN(Cc1ccoc1)C(=O)C(N)CCC(=O)O. The van der Waals surface area contributed by atoms with Gasteiger partial charge in [0.25, 0.3) is 0 Å². The Morgan fingerprint density at radius 1 is 1.59 bits per heavy atom. The molecule has 3 N–H and O–H groups in total. The summed E-state index contributed by atoms with van der Waals surface area (Å²) in [4.78, 5) is 23.6. The highest BCUT2D eigenvalue weighted by atomic mass is 16.4. The highest BCUT2D eigenvalue weighted by molar-refractivity contribution is 5.82. The van der Waals surface area contributed by atoms with Gasteiger partial charge in [-0.1, -0.05) is 0 Å². The van der Waals surface area contributed by atoms with Crippen molar-refractivity contribution in [1.29, 1.82) is 0 Å². The lowest BCUT2D eigenvalue weighted by Gasteiger charge is -2.20. The average molecular weight is 240 g/mol. The summed E-state index contributed by atoms with van der Waals surface area (Å²) in [6.45, 7) is 0.399. The number of rotatable bonds is 6. The predicted octanol–water partition coefficient (Wildman–Crippen LogP) is 0.430. The van der Waals surface area contributed by atoms with Crippen molar-refractivity contribution in [3.8, 4) is 0 Å². The van der Waals surface area contributed by atoms with E-state index in [0.717, 1.165) is 5.56 Å². The van der Waals surface area contributed by atoms with Gasteiger partial charge < -0.3 is 20.2 Å². The minimum absolute atomic E-state index is 0.105. The Bertz CT molecular complexity index is 375. The first-order valence-electron chi connectivity index (χ1n) is 5.24. The van der Waals surface area contributed by atoms with Crippen LogP contribution < -0.4 is 5.73 Å². The van der Waals surface area contributed by atoms with Crippen molar-refractivity contribution in [3.05, 3.63) is 24.2 Å². The van der Waals surface area contributed by atoms with Crippen molar-refractivity contribution in [3.63, 3.8) is 0 Å². The number of carboxylic acid groups (broad SMARTS) is 1. The van der Waals surface area contributed by atoms with Crippen molar-refractivity contribution < 1.29 is 19.1 Å². The molecular weight excluding hydrogens is 224 g/mol. The summed E-state index contributed by atoms with van der Waals surface area (Å²) >= 11 is 0. The average Bonchev–Trinajstić information content (AvgIpc) is 2.77. The molecule has 1 unspecified atom stereocenters. The third-order valence-electron chi connectivity index (χ3n) is 2.36. The summed E-state index contributed by atoms with van der Waals surface area (Å²) in [5.41, 5.74) is 6.48. The Morgan fingerprint density at radius 2 is 2.29 bits per heavy atom. The molecule has 1 aromatic heterocycles. The monoisotopic (exact) mass is 240 g/mol. The molecule has 1 aromatic rings. The van der Waals surface area contributed by atoms with Gasteiger partial charge in [0.1, 0.15) is 0 Å². The molecule has 0 spiro atoms. The molecule has 0 aliphatic rings. The van der Waals surface area contributed by atoms with Crippen LogP contribution in [0.4, 0.5) is 0 Å². The Balaban J connectivity index is 2.42. The maximum atomic E-state index is 11.8. The molecule has 17 heavy (non-hydrogen) atoms. The summed E-state index contributed by atoms with van der Waals surface area (Å²) in [7, 11) is 1.62. The Kier molecular flexibility index (Phi) is 4.71. The number of aliphatic carboxylic acids is 1. The van der Waals surface area contributed by atoms with Gasteiger partial charge in [0.2, 0.25) is 5.91 Å². The standard InChI is InChI=1S/C11H16N2O4/c1-13(6-8-4-5-17-7-8)11(16)9(12)2-3-10(14)15/h4-5,7,9H,2-3,6,12H2,1H3,(H,14,15). The van der Waals surface area contributed by atoms with Crippen molar-refractivity contribution in [2.45, 2.75) is 25.4 Å². The molecule has 1 atom stereocenters. The van der Waals surface area contributed by atoms with Crippen LogP contribution in [0.15, 0.2) is 23.0 Å². The first-order valence-corrected chi connectivity index (χ1v) is 5.24. The third-order valence-corrected chi connectivity index (χ3v) is 2.36. The summed E-state index contributed by atoms with van der Waals surface area (Å²) < 4.78 is 4.89. The quantitative estimate of drug-likeness (QED) is 0.751. The first-order chi connectivity index (χ1) is 8.00. The largest absolute Gasteiger partial charge is 0.481 e. The lowest BCUT2D eigenvalue weighted by Crippen LogP contribution is -2.41. The third kappa shape index (κ3) is 4.28. The fourth-order valence-electron chi connectivity index (χ4n) is 1.42. The molecule has 1 amide bonds. The zero-order valence-corrected chi connectivity index (χ0v) is 9.63. The van der Waals surface area contributed by atoms with Crippen LogP contribution in [0.1, 0.15) is 18.4 Å². The summed E-state index contributed by atoms with van der Waals surface area (Å²) in [6, 6.07) is 0.982. The van der Waals surface area contributed by atoms with Crippen molar-refractivity contribution in [1.82, 2.24) is 4.90 Å². The lowest BCUT2D eigenvalue weighted by molar-refractivity contribution is -0.137. The van der Waals surface area contributed by atoms with E-state index in [9.17, 15) is 9.59 Å². The van der Waals surface area contributed by atoms with E-state index in [2.05, 4.69) is 0 Å². The topological polar surface area (TPSA) is 96.8 Å². The smallest absolute Gasteiger partial charge is 0.303 e. The van der Waals surface area contributed by atoms with E-state index in [1.807, 2.05) is 0 Å². The Morgan fingerprint density at radius 3 is 2.82 bits per heavy atom. The normalized spacial score (nSPS) is 12.1. The fourth-order valence-corrected chi connectivity index (χ4v) is 1.42. The predicted molar refractivity (Wildman–Crippen MR) is 60.0 cm³/mol. The van der Waals surface area contributed by atoms with Crippen LogP contribution in [0.5, 0.6) is 0 Å². The number of nitrogens with zero attached hydrogens (tertiary/aromatic N) is 1. The van der Waals surface area contributed by atoms with Crippen LogP contribution in [-0.2, 0) is 16.1 Å². The van der Waals surface area contributed by atoms with E-state index in [4.69, 9.17) is 15.3 Å². The van der Waals surface area contributed by atoms with Gasteiger partial charge in [0.15, 0.2) is 0 Å². The maximum Gasteiger partial charge on any atom is 0.303 e. The molecule has 0 aliphatic carbocycles. The number of carbonyl (C=O) groups is 2. The number of nitrogens with two attached hydrogens (primary N) is 1. The molecule has 0 saturated heterocycles. The van der Waals surface area contributed by atoms with E-state index < -0.39 is 12.0 Å². The number of hydrogen-bond acceptors (Lipinski definition) is 4. The second-order valence-corrected chi connectivity index (χ2v) is 3.86. The number of furan rings is 1. The number of hydrogen-bond donors (Lipinski definition) is 2. The van der Waals surface area contributed by atoms with Gasteiger partial charge in [0, 0.05) is 25.6 Å². The molecule has 0 bridgehead atoms. The molecule has 1 heterocycles. The minimum atomic E-state index is -0.953. The first kappa shape index (κ1) is 13.2. The van der Waals surface area contributed by atoms with Gasteiger partial charge in [-0.25, -0.2) is 0 Å². The van der Waals surface area contributed by atoms with E-state index in [1.54, 1.807) is 19.4 Å². The van der Waals surface area contributed by atoms with Crippen molar-refractivity contribution in [2.75, 3.05) is 7.05 Å². The molecule has 0 aliphatic heterocycles. The van der Waals surface area contributed by atoms with Gasteiger partial charge in [-0.2, -0.15) is 0 Å². The molecule has 0 radical (unpaired) electrons. The number of amides is 1. The van der Waals surface area contributed by atoms with Gasteiger partial charge in [-0.05, 0) is 12.5 Å². The van der Waals surface area contributed by atoms with Crippen LogP contribution in [0, 0.1) is 0 Å². The summed E-state index contributed by atoms with van der Waals surface area (Å²) in [5.74, 6) is -1.22. The van der Waals surface area contributed by atoms with Crippen LogP contribution in [0.2, 0.25) is 0 Å². The fraction of sp³-hybridized carbons (Fsp3) is 0.455.